The summed E-state index contributed by atoms with van der Waals surface area (Å²) in [7, 11) is 0. The fourth-order valence-electron chi connectivity index (χ4n) is 6.27. The summed E-state index contributed by atoms with van der Waals surface area (Å²) in [6.45, 7) is 0.489. The number of piperidine rings is 3. The summed E-state index contributed by atoms with van der Waals surface area (Å²) in [5, 5.41) is 16.4. The normalized spacial score (nSPS) is 29.8. The molecule has 0 aromatic heterocycles. The SMILES string of the molecule is N#CC(CC1CCCNC1=O)NC(=O)C1C2CCC(CC2(F)F)N1C(=O)C(CC1CCC1)NC(=O)C(F)(F)F. The average Bonchev–Trinajstić information content (AvgIpc) is 2.84. The van der Waals surface area contributed by atoms with Gasteiger partial charge in [0.25, 0.3) is 5.92 Å². The second-order valence-corrected chi connectivity index (χ2v) is 11.1. The molecule has 0 radical (unpaired) electrons. The van der Waals surface area contributed by atoms with Crippen molar-refractivity contribution in [1.82, 2.24) is 20.9 Å². The van der Waals surface area contributed by atoms with Gasteiger partial charge in [0.05, 0.1) is 12.0 Å². The molecule has 2 aliphatic carbocycles. The number of carbonyl (C=O) groups excluding carboxylic acids is 4. The van der Waals surface area contributed by atoms with Crippen LogP contribution in [-0.4, -0.2) is 71.3 Å². The van der Waals surface area contributed by atoms with Crippen LogP contribution < -0.4 is 16.0 Å². The first-order chi connectivity index (χ1) is 18.3. The fourth-order valence-corrected chi connectivity index (χ4v) is 6.27. The second-order valence-electron chi connectivity index (χ2n) is 11.1. The molecule has 2 bridgehead atoms. The van der Waals surface area contributed by atoms with E-state index in [2.05, 4.69) is 10.6 Å². The molecule has 3 N–H and O–H groups in total. The third-order valence-electron chi connectivity index (χ3n) is 8.51. The number of hydrogen-bond donors (Lipinski definition) is 3. The van der Waals surface area contributed by atoms with Gasteiger partial charge in [-0.15, -0.1) is 0 Å². The number of nitrogens with one attached hydrogen (secondary N) is 3. The minimum absolute atomic E-state index is 0.0504. The lowest BCUT2D eigenvalue weighted by Crippen LogP contribution is -2.71. The Balaban J connectivity index is 1.57. The van der Waals surface area contributed by atoms with E-state index in [4.69, 9.17) is 0 Å². The molecule has 0 spiro atoms. The molecule has 4 amide bonds. The lowest BCUT2D eigenvalue weighted by Gasteiger charge is -2.54. The molecule has 14 heteroatoms. The van der Waals surface area contributed by atoms with Crippen molar-refractivity contribution in [2.24, 2.45) is 17.8 Å². The van der Waals surface area contributed by atoms with Gasteiger partial charge in [-0.1, -0.05) is 19.3 Å². The molecule has 5 aliphatic rings. The number of nitriles is 1. The van der Waals surface area contributed by atoms with Crippen molar-refractivity contribution in [3.05, 3.63) is 0 Å². The highest BCUT2D eigenvalue weighted by atomic mass is 19.4. The van der Waals surface area contributed by atoms with Crippen molar-refractivity contribution < 1.29 is 41.1 Å². The molecule has 9 nitrogen and oxygen atoms in total. The van der Waals surface area contributed by atoms with Crippen molar-refractivity contribution in [2.75, 3.05) is 6.54 Å². The Kier molecular flexibility index (Phi) is 8.37. The van der Waals surface area contributed by atoms with Crippen LogP contribution in [0.15, 0.2) is 0 Å². The van der Waals surface area contributed by atoms with Gasteiger partial charge in [0.2, 0.25) is 17.7 Å². The molecule has 6 atom stereocenters. The second kappa shape index (κ2) is 11.3. The Morgan fingerprint density at radius 3 is 2.36 bits per heavy atom. The van der Waals surface area contributed by atoms with E-state index in [0.717, 1.165) is 11.3 Å². The standard InChI is InChI=1S/C25H32F5N5O4/c26-24(27)11-16-6-7-17(24)19(21(37)33-15(12-31)10-14-5-2-8-32-20(14)36)35(16)22(38)18(9-13-3-1-4-13)34-23(39)25(28,29)30/h13-19H,1-11H2,(H,32,36)(H,33,37)(H,34,39). The van der Waals surface area contributed by atoms with Crippen molar-refractivity contribution in [2.45, 2.75) is 100 Å². The van der Waals surface area contributed by atoms with Gasteiger partial charge in [-0.3, -0.25) is 19.2 Å². The highest BCUT2D eigenvalue weighted by Gasteiger charge is 2.61. The predicted octanol–water partition coefficient (Wildman–Crippen LogP) is 2.16. The molecular weight excluding hydrogens is 529 g/mol. The van der Waals surface area contributed by atoms with Crippen LogP contribution in [0.3, 0.4) is 0 Å². The van der Waals surface area contributed by atoms with E-state index in [1.54, 1.807) is 5.32 Å². The van der Waals surface area contributed by atoms with E-state index in [1.165, 1.54) is 0 Å². The maximum absolute atomic E-state index is 15.0. The van der Waals surface area contributed by atoms with Crippen LogP contribution >= 0.6 is 0 Å². The molecular formula is C25H32F5N5O4. The number of fused-ring (bicyclic) bond motifs is 3. The molecule has 3 heterocycles. The highest BCUT2D eigenvalue weighted by molar-refractivity contribution is 5.94. The molecule has 39 heavy (non-hydrogen) atoms. The van der Waals surface area contributed by atoms with Crippen molar-refractivity contribution >= 4 is 23.6 Å². The van der Waals surface area contributed by atoms with E-state index in [9.17, 15) is 46.4 Å². The Bertz CT molecular complexity index is 1030. The van der Waals surface area contributed by atoms with Crippen molar-refractivity contribution in [1.29, 1.82) is 5.26 Å². The predicted molar refractivity (Wildman–Crippen MR) is 125 cm³/mol. The summed E-state index contributed by atoms with van der Waals surface area (Å²) in [4.78, 5) is 51.9. The Morgan fingerprint density at radius 2 is 1.79 bits per heavy atom. The largest absolute Gasteiger partial charge is 0.471 e. The first kappa shape index (κ1) is 29.0. The van der Waals surface area contributed by atoms with Gasteiger partial charge in [-0.05, 0) is 44.4 Å². The summed E-state index contributed by atoms with van der Waals surface area (Å²) in [5.74, 6) is -10.2. The van der Waals surface area contributed by atoms with Crippen LogP contribution in [0.25, 0.3) is 0 Å². The average molecular weight is 562 g/mol. The Morgan fingerprint density at radius 1 is 1.08 bits per heavy atom. The molecule has 5 rings (SSSR count). The van der Waals surface area contributed by atoms with Crippen LogP contribution in [0.2, 0.25) is 0 Å². The van der Waals surface area contributed by atoms with E-state index >= 15 is 0 Å². The highest BCUT2D eigenvalue weighted by Crippen LogP contribution is 2.49. The van der Waals surface area contributed by atoms with Crippen LogP contribution in [0.4, 0.5) is 22.0 Å². The van der Waals surface area contributed by atoms with E-state index in [0.29, 0.717) is 32.2 Å². The van der Waals surface area contributed by atoms with Gasteiger partial charge in [-0.2, -0.15) is 18.4 Å². The number of carbonyl (C=O) groups is 4. The van der Waals surface area contributed by atoms with E-state index in [1.807, 2.05) is 6.07 Å². The van der Waals surface area contributed by atoms with E-state index in [-0.39, 0.29) is 37.5 Å². The molecule has 2 saturated carbocycles. The molecule has 5 fully saturated rings. The van der Waals surface area contributed by atoms with Crippen LogP contribution in [0, 0.1) is 29.1 Å². The number of nitrogens with zero attached hydrogens (tertiary/aromatic N) is 2. The molecule has 0 aromatic carbocycles. The number of halogens is 5. The number of rotatable bonds is 8. The van der Waals surface area contributed by atoms with Gasteiger partial charge >= 0.3 is 12.1 Å². The molecule has 6 unspecified atom stereocenters. The minimum atomic E-state index is -5.26. The summed E-state index contributed by atoms with van der Waals surface area (Å²) in [6, 6.07) is -3.82. The van der Waals surface area contributed by atoms with Crippen LogP contribution in [0.1, 0.15) is 64.2 Å². The summed E-state index contributed by atoms with van der Waals surface area (Å²) < 4.78 is 69.1. The zero-order chi connectivity index (χ0) is 28.5. The maximum Gasteiger partial charge on any atom is 0.471 e. The Hall–Kier alpha value is -2.98. The monoisotopic (exact) mass is 561 g/mol. The number of alkyl halides is 5. The summed E-state index contributed by atoms with van der Waals surface area (Å²) in [5.41, 5.74) is 0. The lowest BCUT2D eigenvalue weighted by molar-refractivity contribution is -0.196. The number of amides is 4. The smallest absolute Gasteiger partial charge is 0.356 e. The minimum Gasteiger partial charge on any atom is -0.356 e. The van der Waals surface area contributed by atoms with E-state index < -0.39 is 72.2 Å². The quantitative estimate of drug-likeness (QED) is 0.391. The molecule has 3 aliphatic heterocycles. The van der Waals surface area contributed by atoms with Gasteiger partial charge < -0.3 is 20.9 Å². The first-order valence-corrected chi connectivity index (χ1v) is 13.4. The third kappa shape index (κ3) is 6.27. The molecule has 216 valence electrons. The zero-order valence-corrected chi connectivity index (χ0v) is 21.2. The topological polar surface area (TPSA) is 131 Å². The van der Waals surface area contributed by atoms with Gasteiger partial charge in [0.1, 0.15) is 18.1 Å². The zero-order valence-electron chi connectivity index (χ0n) is 21.2. The molecule has 0 aromatic rings. The fraction of sp³-hybridized carbons (Fsp3) is 0.800. The third-order valence-corrected chi connectivity index (χ3v) is 8.51. The molecule has 3 saturated heterocycles. The van der Waals surface area contributed by atoms with Gasteiger partial charge in [0.15, 0.2) is 0 Å². The summed E-state index contributed by atoms with van der Waals surface area (Å²) in [6.07, 6.45) is -2.84. The van der Waals surface area contributed by atoms with Crippen molar-refractivity contribution in [3.8, 4) is 6.07 Å². The van der Waals surface area contributed by atoms with Gasteiger partial charge in [-0.25, -0.2) is 8.78 Å². The van der Waals surface area contributed by atoms with Crippen LogP contribution in [-0.2, 0) is 19.2 Å². The first-order valence-electron chi connectivity index (χ1n) is 13.4. The maximum atomic E-state index is 15.0. The lowest BCUT2D eigenvalue weighted by atomic mass is 9.71. The van der Waals surface area contributed by atoms with Crippen LogP contribution in [0.5, 0.6) is 0 Å². The summed E-state index contributed by atoms with van der Waals surface area (Å²) >= 11 is 0. The van der Waals surface area contributed by atoms with Crippen molar-refractivity contribution in [3.63, 3.8) is 0 Å². The van der Waals surface area contributed by atoms with Gasteiger partial charge in [0, 0.05) is 24.9 Å². The number of hydrogen-bond acceptors (Lipinski definition) is 5. The Labute approximate surface area is 222 Å².